The van der Waals surface area contributed by atoms with Crippen LogP contribution in [0, 0.1) is 10.1 Å². The summed E-state index contributed by atoms with van der Waals surface area (Å²) in [5.74, 6) is -1.26. The van der Waals surface area contributed by atoms with E-state index in [1.807, 2.05) is 12.1 Å². The first kappa shape index (κ1) is 17.1. The van der Waals surface area contributed by atoms with Gasteiger partial charge in [0, 0.05) is 42.6 Å². The maximum atomic E-state index is 12.2. The van der Waals surface area contributed by atoms with E-state index >= 15 is 0 Å². The summed E-state index contributed by atoms with van der Waals surface area (Å²) in [7, 11) is 1.16. The molecule has 1 aromatic heterocycles. The number of hydrogen-bond acceptors (Lipinski definition) is 6. The van der Waals surface area contributed by atoms with E-state index in [-0.39, 0.29) is 16.8 Å². The number of nitro groups is 1. The molecule has 24 heavy (non-hydrogen) atoms. The Kier molecular flexibility index (Phi) is 5.56. The lowest BCUT2D eigenvalue weighted by Crippen LogP contribution is -2.26. The number of aromatic nitrogens is 1. The number of pyridine rings is 1. The van der Waals surface area contributed by atoms with Gasteiger partial charge in [0.15, 0.2) is 0 Å². The van der Waals surface area contributed by atoms with Crippen molar-refractivity contribution >= 4 is 17.6 Å². The molecule has 0 saturated heterocycles. The van der Waals surface area contributed by atoms with Gasteiger partial charge in [-0.05, 0) is 18.2 Å². The van der Waals surface area contributed by atoms with Gasteiger partial charge in [-0.15, -0.1) is 0 Å². The predicted molar refractivity (Wildman–Crippen MR) is 84.7 cm³/mol. The van der Waals surface area contributed by atoms with Crippen LogP contribution in [0.15, 0.2) is 42.6 Å². The summed E-state index contributed by atoms with van der Waals surface area (Å²) in [5, 5.41) is 13.6. The highest BCUT2D eigenvalue weighted by Gasteiger charge is 2.18. The maximum absolute atomic E-state index is 12.2. The van der Waals surface area contributed by atoms with Crippen LogP contribution in [0.2, 0.25) is 0 Å². The molecule has 1 heterocycles. The summed E-state index contributed by atoms with van der Waals surface area (Å²) in [6.07, 6.45) is 2.17. The lowest BCUT2D eigenvalue weighted by atomic mass is 10.1. The number of amides is 1. The van der Waals surface area contributed by atoms with Gasteiger partial charge < -0.3 is 10.1 Å². The summed E-state index contributed by atoms with van der Waals surface area (Å²) in [4.78, 5) is 38.2. The highest BCUT2D eigenvalue weighted by molar-refractivity contribution is 5.98. The van der Waals surface area contributed by atoms with Crippen LogP contribution in [0.1, 0.15) is 26.4 Å². The van der Waals surface area contributed by atoms with Crippen LogP contribution < -0.4 is 5.32 Å². The van der Waals surface area contributed by atoms with Crippen molar-refractivity contribution in [3.63, 3.8) is 0 Å². The van der Waals surface area contributed by atoms with Crippen LogP contribution in [-0.4, -0.2) is 35.4 Å². The Morgan fingerprint density at radius 3 is 2.62 bits per heavy atom. The van der Waals surface area contributed by atoms with Gasteiger partial charge in [-0.2, -0.15) is 0 Å². The number of benzene rings is 1. The van der Waals surface area contributed by atoms with Crippen molar-refractivity contribution < 1.29 is 19.2 Å². The van der Waals surface area contributed by atoms with Crippen molar-refractivity contribution in [3.8, 4) is 0 Å². The normalized spacial score (nSPS) is 10.0. The van der Waals surface area contributed by atoms with E-state index in [1.54, 1.807) is 12.3 Å². The van der Waals surface area contributed by atoms with Gasteiger partial charge in [0.25, 0.3) is 11.6 Å². The average molecular weight is 329 g/mol. The smallest absolute Gasteiger partial charge is 0.338 e. The molecule has 0 radical (unpaired) electrons. The number of esters is 1. The third kappa shape index (κ3) is 4.35. The van der Waals surface area contributed by atoms with Crippen LogP contribution in [0.4, 0.5) is 5.69 Å². The van der Waals surface area contributed by atoms with E-state index in [1.165, 1.54) is 6.07 Å². The first-order valence-electron chi connectivity index (χ1n) is 7.07. The topological polar surface area (TPSA) is 111 Å². The minimum Gasteiger partial charge on any atom is -0.465 e. The van der Waals surface area contributed by atoms with Crippen molar-refractivity contribution in [1.82, 2.24) is 10.3 Å². The number of carbonyl (C=O) groups excluding carboxylic acids is 2. The van der Waals surface area contributed by atoms with Crippen LogP contribution in [0.3, 0.4) is 0 Å². The number of non-ortho nitro benzene ring substituents is 1. The number of nitrogens with zero attached hydrogens (tertiary/aromatic N) is 2. The maximum Gasteiger partial charge on any atom is 0.338 e. The number of nitrogens with one attached hydrogen (secondary N) is 1. The van der Waals surface area contributed by atoms with Gasteiger partial charge >= 0.3 is 5.97 Å². The fourth-order valence-corrected chi connectivity index (χ4v) is 2.04. The van der Waals surface area contributed by atoms with E-state index in [2.05, 4.69) is 15.0 Å². The fraction of sp³-hybridized carbons (Fsp3) is 0.188. The lowest BCUT2D eigenvalue weighted by Gasteiger charge is -2.07. The molecule has 1 amide bonds. The van der Waals surface area contributed by atoms with Crippen molar-refractivity contribution in [3.05, 3.63) is 69.5 Å². The SMILES string of the molecule is COC(=O)c1cc(C(=O)NCCc2ccccn2)cc([N+](=O)[O-])c1. The first-order valence-corrected chi connectivity index (χ1v) is 7.07. The molecular formula is C16H15N3O5. The number of methoxy groups -OCH3 is 1. The minimum absolute atomic E-state index is 0.0191. The molecule has 0 aliphatic carbocycles. The zero-order valence-electron chi connectivity index (χ0n) is 12.9. The quantitative estimate of drug-likeness (QED) is 0.491. The first-order chi connectivity index (χ1) is 11.5. The standard InChI is InChI=1S/C16H15N3O5/c1-24-16(21)12-8-11(9-14(10-12)19(22)23)15(20)18-7-5-13-4-2-3-6-17-13/h2-4,6,8-10H,5,7H2,1H3,(H,18,20). The molecule has 0 bridgehead atoms. The van der Waals surface area contributed by atoms with Gasteiger partial charge in [-0.3, -0.25) is 19.9 Å². The second kappa shape index (κ2) is 7.82. The third-order valence-electron chi connectivity index (χ3n) is 3.20. The predicted octanol–water partition coefficient (Wildman–Crippen LogP) is 1.75. The van der Waals surface area contributed by atoms with Crippen molar-refractivity contribution in [2.45, 2.75) is 6.42 Å². The Morgan fingerprint density at radius 1 is 1.25 bits per heavy atom. The van der Waals surface area contributed by atoms with Gasteiger partial charge in [-0.1, -0.05) is 6.07 Å². The summed E-state index contributed by atoms with van der Waals surface area (Å²) >= 11 is 0. The largest absolute Gasteiger partial charge is 0.465 e. The summed E-state index contributed by atoms with van der Waals surface area (Å²) in [5.41, 5.74) is 0.423. The molecule has 0 fully saturated rings. The number of hydrogen-bond donors (Lipinski definition) is 1. The van der Waals surface area contributed by atoms with Crippen LogP contribution in [0.25, 0.3) is 0 Å². The molecule has 0 saturated carbocycles. The molecule has 0 spiro atoms. The van der Waals surface area contributed by atoms with Gasteiger partial charge in [0.2, 0.25) is 0 Å². The molecular weight excluding hydrogens is 314 g/mol. The number of ether oxygens (including phenoxy) is 1. The molecule has 0 unspecified atom stereocenters. The highest BCUT2D eigenvalue weighted by Crippen LogP contribution is 2.18. The second-order valence-electron chi connectivity index (χ2n) is 4.84. The van der Waals surface area contributed by atoms with E-state index in [0.717, 1.165) is 24.9 Å². The fourth-order valence-electron chi connectivity index (χ4n) is 2.04. The van der Waals surface area contributed by atoms with E-state index in [4.69, 9.17) is 0 Å². The Hall–Kier alpha value is -3.29. The molecule has 0 aliphatic heterocycles. The van der Waals surface area contributed by atoms with E-state index in [0.29, 0.717) is 13.0 Å². The monoisotopic (exact) mass is 329 g/mol. The molecule has 124 valence electrons. The Bertz CT molecular complexity index is 762. The number of rotatable bonds is 6. The van der Waals surface area contributed by atoms with Crippen molar-refractivity contribution in [2.24, 2.45) is 0 Å². The zero-order valence-corrected chi connectivity index (χ0v) is 12.9. The minimum atomic E-state index is -0.749. The van der Waals surface area contributed by atoms with Gasteiger partial charge in [-0.25, -0.2) is 4.79 Å². The van der Waals surface area contributed by atoms with Crippen LogP contribution in [-0.2, 0) is 11.2 Å². The van der Waals surface area contributed by atoms with E-state index in [9.17, 15) is 19.7 Å². The molecule has 1 N–H and O–H groups in total. The van der Waals surface area contributed by atoms with E-state index < -0.39 is 16.8 Å². The molecule has 0 atom stereocenters. The second-order valence-corrected chi connectivity index (χ2v) is 4.84. The average Bonchev–Trinajstić information content (AvgIpc) is 2.61. The molecule has 8 heteroatoms. The number of carbonyl (C=O) groups is 2. The van der Waals surface area contributed by atoms with Crippen LogP contribution in [0.5, 0.6) is 0 Å². The Labute approximate surface area is 137 Å². The molecule has 0 aliphatic rings. The Balaban J connectivity index is 2.11. The highest BCUT2D eigenvalue weighted by atomic mass is 16.6. The zero-order chi connectivity index (χ0) is 17.5. The molecule has 2 rings (SSSR count). The van der Waals surface area contributed by atoms with Crippen LogP contribution >= 0.6 is 0 Å². The summed E-state index contributed by atoms with van der Waals surface area (Å²) in [6.45, 7) is 0.312. The van der Waals surface area contributed by atoms with Crippen molar-refractivity contribution in [1.29, 1.82) is 0 Å². The third-order valence-corrected chi connectivity index (χ3v) is 3.20. The van der Waals surface area contributed by atoms with Crippen molar-refractivity contribution in [2.75, 3.05) is 13.7 Å². The van der Waals surface area contributed by atoms with Gasteiger partial charge in [0.1, 0.15) is 0 Å². The van der Waals surface area contributed by atoms with Gasteiger partial charge in [0.05, 0.1) is 17.6 Å². The lowest BCUT2D eigenvalue weighted by molar-refractivity contribution is -0.384. The number of nitro benzene ring substituents is 1. The summed E-state index contributed by atoms with van der Waals surface area (Å²) < 4.78 is 4.54. The Morgan fingerprint density at radius 2 is 2.00 bits per heavy atom. The molecule has 8 nitrogen and oxygen atoms in total. The molecule has 1 aromatic carbocycles. The summed E-state index contributed by atoms with van der Waals surface area (Å²) in [6, 6.07) is 8.90. The molecule has 2 aromatic rings.